The molecule has 3 N–H and O–H groups in total. The number of anilines is 1. The number of aryl methyl sites for hydroxylation is 1. The molecule has 0 saturated heterocycles. The highest BCUT2D eigenvalue weighted by Gasteiger charge is 2.16. The Labute approximate surface area is 113 Å². The van der Waals surface area contributed by atoms with E-state index in [9.17, 15) is 0 Å². The Morgan fingerprint density at radius 1 is 1.11 bits per heavy atom. The summed E-state index contributed by atoms with van der Waals surface area (Å²) in [5.74, 6) is 0.981. The standard InChI is InChI=1S/C15H18N4/c16-8-11-4-1-2-5-12(11)9-17-15-13-6-3-7-14(13)18-10-19-15/h1-2,4-5,10H,3,6-9,16H2,(H,17,18,19). The Morgan fingerprint density at radius 2 is 1.95 bits per heavy atom. The molecule has 1 aliphatic carbocycles. The van der Waals surface area contributed by atoms with Crippen LogP contribution in [0.25, 0.3) is 0 Å². The van der Waals surface area contributed by atoms with Crippen LogP contribution in [0.3, 0.4) is 0 Å². The maximum absolute atomic E-state index is 5.76. The summed E-state index contributed by atoms with van der Waals surface area (Å²) < 4.78 is 0. The normalized spacial score (nSPS) is 13.3. The van der Waals surface area contributed by atoms with E-state index in [0.29, 0.717) is 6.54 Å². The highest BCUT2D eigenvalue weighted by molar-refractivity contribution is 5.48. The Balaban J connectivity index is 1.78. The number of hydrogen-bond donors (Lipinski definition) is 2. The second-order valence-corrected chi connectivity index (χ2v) is 4.83. The molecule has 98 valence electrons. The monoisotopic (exact) mass is 254 g/mol. The number of nitrogens with zero attached hydrogens (tertiary/aromatic N) is 2. The third kappa shape index (κ3) is 2.44. The average Bonchev–Trinajstić information content (AvgIpc) is 2.94. The van der Waals surface area contributed by atoms with Crippen LogP contribution in [0.1, 0.15) is 28.8 Å². The van der Waals surface area contributed by atoms with Gasteiger partial charge in [0.15, 0.2) is 0 Å². The first-order chi connectivity index (χ1) is 9.38. The summed E-state index contributed by atoms with van der Waals surface area (Å²) >= 11 is 0. The van der Waals surface area contributed by atoms with Crippen molar-refractivity contribution >= 4 is 5.82 Å². The van der Waals surface area contributed by atoms with Crippen molar-refractivity contribution < 1.29 is 0 Å². The van der Waals surface area contributed by atoms with Gasteiger partial charge in [-0.05, 0) is 30.4 Å². The number of fused-ring (bicyclic) bond motifs is 1. The molecule has 0 fully saturated rings. The molecule has 2 aromatic rings. The predicted octanol–water partition coefficient (Wildman–Crippen LogP) is 2.04. The molecule has 0 atom stereocenters. The van der Waals surface area contributed by atoms with Gasteiger partial charge in [0.1, 0.15) is 12.1 Å². The summed E-state index contributed by atoms with van der Waals surface area (Å²) in [6, 6.07) is 8.24. The highest BCUT2D eigenvalue weighted by atomic mass is 15.0. The van der Waals surface area contributed by atoms with Gasteiger partial charge < -0.3 is 11.1 Å². The lowest BCUT2D eigenvalue weighted by molar-refractivity contribution is 0.899. The van der Waals surface area contributed by atoms with Crippen molar-refractivity contribution in [2.45, 2.75) is 32.4 Å². The van der Waals surface area contributed by atoms with E-state index in [1.54, 1.807) is 6.33 Å². The largest absolute Gasteiger partial charge is 0.366 e. The summed E-state index contributed by atoms with van der Waals surface area (Å²) in [4.78, 5) is 8.70. The second kappa shape index (κ2) is 5.36. The molecule has 0 spiro atoms. The van der Waals surface area contributed by atoms with E-state index in [1.165, 1.54) is 28.8 Å². The van der Waals surface area contributed by atoms with Gasteiger partial charge in [-0.3, -0.25) is 0 Å². The third-order valence-corrected chi connectivity index (χ3v) is 3.66. The van der Waals surface area contributed by atoms with Crippen LogP contribution in [-0.2, 0) is 25.9 Å². The van der Waals surface area contributed by atoms with Gasteiger partial charge in [0.2, 0.25) is 0 Å². The average molecular weight is 254 g/mol. The van der Waals surface area contributed by atoms with Crippen LogP contribution in [-0.4, -0.2) is 9.97 Å². The highest BCUT2D eigenvalue weighted by Crippen LogP contribution is 2.25. The molecule has 3 rings (SSSR count). The van der Waals surface area contributed by atoms with E-state index in [4.69, 9.17) is 5.73 Å². The van der Waals surface area contributed by atoms with Crippen molar-refractivity contribution in [2.75, 3.05) is 5.32 Å². The molecule has 1 heterocycles. The Hall–Kier alpha value is -1.94. The van der Waals surface area contributed by atoms with Crippen molar-refractivity contribution in [3.8, 4) is 0 Å². The van der Waals surface area contributed by atoms with E-state index >= 15 is 0 Å². The lowest BCUT2D eigenvalue weighted by Gasteiger charge is -2.12. The molecular formula is C15H18N4. The van der Waals surface area contributed by atoms with Crippen LogP contribution in [0.15, 0.2) is 30.6 Å². The van der Waals surface area contributed by atoms with E-state index in [1.807, 2.05) is 12.1 Å². The molecule has 1 aliphatic rings. The number of rotatable bonds is 4. The van der Waals surface area contributed by atoms with Crippen molar-refractivity contribution in [1.82, 2.24) is 9.97 Å². The van der Waals surface area contributed by atoms with Crippen LogP contribution < -0.4 is 11.1 Å². The van der Waals surface area contributed by atoms with Gasteiger partial charge in [-0.25, -0.2) is 9.97 Å². The first-order valence-corrected chi connectivity index (χ1v) is 6.72. The zero-order chi connectivity index (χ0) is 13.1. The smallest absolute Gasteiger partial charge is 0.133 e. The molecular weight excluding hydrogens is 236 g/mol. The van der Waals surface area contributed by atoms with E-state index in [0.717, 1.165) is 25.2 Å². The van der Waals surface area contributed by atoms with Gasteiger partial charge in [-0.1, -0.05) is 24.3 Å². The van der Waals surface area contributed by atoms with Gasteiger partial charge in [0.05, 0.1) is 0 Å². The van der Waals surface area contributed by atoms with Crippen LogP contribution in [0.2, 0.25) is 0 Å². The fourth-order valence-electron chi connectivity index (χ4n) is 2.62. The first-order valence-electron chi connectivity index (χ1n) is 6.72. The SMILES string of the molecule is NCc1ccccc1CNc1ncnc2c1CCC2. The molecule has 4 heteroatoms. The zero-order valence-electron chi connectivity index (χ0n) is 10.9. The molecule has 4 nitrogen and oxygen atoms in total. The molecule has 1 aromatic carbocycles. The summed E-state index contributed by atoms with van der Waals surface area (Å²) in [6.45, 7) is 1.33. The van der Waals surface area contributed by atoms with E-state index in [2.05, 4.69) is 27.4 Å². The number of nitrogens with two attached hydrogens (primary N) is 1. The van der Waals surface area contributed by atoms with Crippen LogP contribution >= 0.6 is 0 Å². The zero-order valence-corrected chi connectivity index (χ0v) is 10.9. The summed E-state index contributed by atoms with van der Waals surface area (Å²) in [6.07, 6.45) is 4.99. The summed E-state index contributed by atoms with van der Waals surface area (Å²) in [7, 11) is 0. The van der Waals surface area contributed by atoms with Gasteiger partial charge in [0.25, 0.3) is 0 Å². The van der Waals surface area contributed by atoms with Crippen molar-refractivity contribution in [2.24, 2.45) is 5.73 Å². The van der Waals surface area contributed by atoms with Crippen LogP contribution in [0.5, 0.6) is 0 Å². The lowest BCUT2D eigenvalue weighted by Crippen LogP contribution is -2.09. The lowest BCUT2D eigenvalue weighted by atomic mass is 10.1. The minimum Gasteiger partial charge on any atom is -0.366 e. The first kappa shape index (κ1) is 12.1. The second-order valence-electron chi connectivity index (χ2n) is 4.83. The van der Waals surface area contributed by atoms with Crippen LogP contribution in [0, 0.1) is 0 Å². The van der Waals surface area contributed by atoms with Gasteiger partial charge >= 0.3 is 0 Å². The number of benzene rings is 1. The Morgan fingerprint density at radius 3 is 2.79 bits per heavy atom. The third-order valence-electron chi connectivity index (χ3n) is 3.66. The minimum atomic E-state index is 0.569. The van der Waals surface area contributed by atoms with Crippen LogP contribution in [0.4, 0.5) is 5.82 Å². The van der Waals surface area contributed by atoms with Gasteiger partial charge in [-0.2, -0.15) is 0 Å². The molecule has 0 radical (unpaired) electrons. The molecule has 1 aromatic heterocycles. The van der Waals surface area contributed by atoms with E-state index < -0.39 is 0 Å². The maximum Gasteiger partial charge on any atom is 0.133 e. The predicted molar refractivity (Wildman–Crippen MR) is 75.7 cm³/mol. The molecule has 0 unspecified atom stereocenters. The quantitative estimate of drug-likeness (QED) is 0.876. The molecule has 19 heavy (non-hydrogen) atoms. The van der Waals surface area contributed by atoms with Crippen molar-refractivity contribution in [3.05, 3.63) is 53.0 Å². The maximum atomic E-state index is 5.76. The Bertz CT molecular complexity index is 580. The minimum absolute atomic E-state index is 0.569. The van der Waals surface area contributed by atoms with Gasteiger partial charge in [-0.15, -0.1) is 0 Å². The fourth-order valence-corrected chi connectivity index (χ4v) is 2.62. The van der Waals surface area contributed by atoms with Gasteiger partial charge in [0, 0.05) is 24.3 Å². The molecule has 0 amide bonds. The molecule has 0 saturated carbocycles. The summed E-state index contributed by atoms with van der Waals surface area (Å²) in [5, 5.41) is 3.43. The molecule has 0 bridgehead atoms. The van der Waals surface area contributed by atoms with E-state index in [-0.39, 0.29) is 0 Å². The number of hydrogen-bond acceptors (Lipinski definition) is 4. The van der Waals surface area contributed by atoms with Crippen molar-refractivity contribution in [1.29, 1.82) is 0 Å². The molecule has 0 aliphatic heterocycles. The number of nitrogens with one attached hydrogen (secondary N) is 1. The Kier molecular flexibility index (Phi) is 3.42. The van der Waals surface area contributed by atoms with Crippen molar-refractivity contribution in [3.63, 3.8) is 0 Å². The summed E-state index contributed by atoms with van der Waals surface area (Å²) in [5.41, 5.74) is 10.7. The number of aromatic nitrogens is 2. The fraction of sp³-hybridized carbons (Fsp3) is 0.333. The topological polar surface area (TPSA) is 63.8 Å².